The van der Waals surface area contributed by atoms with Crippen molar-refractivity contribution >= 4 is 5.69 Å². The van der Waals surface area contributed by atoms with Gasteiger partial charge in [0.1, 0.15) is 5.60 Å². The largest absolute Gasteiger partial charge is 0.386 e. The first-order valence-corrected chi connectivity index (χ1v) is 5.83. The molecule has 1 aromatic carbocycles. The standard InChI is InChI=1S/C12H16N2O4/c15-12(4-5-18-9-12)8-13-7-10-2-1-3-11(6-10)14(16)17/h1-3,6,13,15H,4-5,7-9H2. The van der Waals surface area contributed by atoms with Gasteiger partial charge in [0.2, 0.25) is 0 Å². The first-order valence-electron chi connectivity index (χ1n) is 5.83. The van der Waals surface area contributed by atoms with Gasteiger partial charge >= 0.3 is 0 Å². The molecule has 2 rings (SSSR count). The van der Waals surface area contributed by atoms with Gasteiger partial charge in [-0.05, 0) is 5.56 Å². The van der Waals surface area contributed by atoms with Gasteiger partial charge in [-0.2, -0.15) is 0 Å². The molecule has 0 spiro atoms. The third-order valence-corrected chi connectivity index (χ3v) is 2.99. The van der Waals surface area contributed by atoms with E-state index in [1.807, 2.05) is 6.07 Å². The smallest absolute Gasteiger partial charge is 0.269 e. The first kappa shape index (κ1) is 12.9. The maximum Gasteiger partial charge on any atom is 0.269 e. The summed E-state index contributed by atoms with van der Waals surface area (Å²) in [5, 5.41) is 23.7. The second-order valence-corrected chi connectivity index (χ2v) is 4.56. The third-order valence-electron chi connectivity index (χ3n) is 2.99. The van der Waals surface area contributed by atoms with Crippen molar-refractivity contribution in [3.63, 3.8) is 0 Å². The minimum atomic E-state index is -0.805. The van der Waals surface area contributed by atoms with Gasteiger partial charge in [0.15, 0.2) is 0 Å². The Balaban J connectivity index is 1.86. The van der Waals surface area contributed by atoms with E-state index in [9.17, 15) is 15.2 Å². The van der Waals surface area contributed by atoms with Crippen LogP contribution in [0.25, 0.3) is 0 Å². The number of rotatable bonds is 5. The number of nitrogens with one attached hydrogen (secondary N) is 1. The summed E-state index contributed by atoms with van der Waals surface area (Å²) in [6, 6.07) is 6.46. The van der Waals surface area contributed by atoms with Crippen LogP contribution in [0.15, 0.2) is 24.3 Å². The zero-order chi connectivity index (χ0) is 13.0. The maximum atomic E-state index is 10.6. The lowest BCUT2D eigenvalue weighted by molar-refractivity contribution is -0.384. The number of non-ortho nitro benzene ring substituents is 1. The molecule has 98 valence electrons. The van der Waals surface area contributed by atoms with Gasteiger partial charge in [0.25, 0.3) is 5.69 Å². The van der Waals surface area contributed by atoms with E-state index >= 15 is 0 Å². The van der Waals surface area contributed by atoms with Crippen molar-refractivity contribution in [3.05, 3.63) is 39.9 Å². The summed E-state index contributed by atoms with van der Waals surface area (Å²) in [5.74, 6) is 0. The Hall–Kier alpha value is -1.50. The van der Waals surface area contributed by atoms with E-state index in [1.165, 1.54) is 12.1 Å². The number of aliphatic hydroxyl groups is 1. The summed E-state index contributed by atoms with van der Waals surface area (Å²) in [7, 11) is 0. The van der Waals surface area contributed by atoms with Crippen LogP contribution in [-0.2, 0) is 11.3 Å². The maximum absolute atomic E-state index is 10.6. The minimum absolute atomic E-state index is 0.0808. The van der Waals surface area contributed by atoms with Crippen LogP contribution in [0.3, 0.4) is 0 Å². The Bertz CT molecular complexity index is 430. The zero-order valence-electron chi connectivity index (χ0n) is 9.96. The number of nitro groups is 1. The highest BCUT2D eigenvalue weighted by atomic mass is 16.6. The first-order chi connectivity index (χ1) is 8.59. The lowest BCUT2D eigenvalue weighted by atomic mass is 10.0. The average Bonchev–Trinajstić information content (AvgIpc) is 2.77. The van der Waals surface area contributed by atoms with Crippen LogP contribution in [0, 0.1) is 10.1 Å². The fourth-order valence-corrected chi connectivity index (χ4v) is 1.96. The number of hydrogen-bond acceptors (Lipinski definition) is 5. The lowest BCUT2D eigenvalue weighted by Crippen LogP contribution is -2.40. The number of benzene rings is 1. The number of hydrogen-bond donors (Lipinski definition) is 2. The van der Waals surface area contributed by atoms with Crippen LogP contribution >= 0.6 is 0 Å². The fourth-order valence-electron chi connectivity index (χ4n) is 1.96. The van der Waals surface area contributed by atoms with Crippen LogP contribution < -0.4 is 5.32 Å². The highest BCUT2D eigenvalue weighted by Crippen LogP contribution is 2.17. The number of nitrogens with zero attached hydrogens (tertiary/aromatic N) is 1. The van der Waals surface area contributed by atoms with Crippen LogP contribution in [-0.4, -0.2) is 35.4 Å². The van der Waals surface area contributed by atoms with Gasteiger partial charge in [0.05, 0.1) is 11.5 Å². The monoisotopic (exact) mass is 252 g/mol. The van der Waals surface area contributed by atoms with E-state index in [0.717, 1.165) is 5.56 Å². The second kappa shape index (κ2) is 5.43. The Kier molecular flexibility index (Phi) is 3.90. The molecule has 2 N–H and O–H groups in total. The fraction of sp³-hybridized carbons (Fsp3) is 0.500. The van der Waals surface area contributed by atoms with E-state index in [2.05, 4.69) is 5.32 Å². The Morgan fingerprint density at radius 3 is 3.06 bits per heavy atom. The summed E-state index contributed by atoms with van der Waals surface area (Å²) in [6.45, 7) is 1.84. The molecule has 0 radical (unpaired) electrons. The van der Waals surface area contributed by atoms with Crippen LogP contribution in [0.2, 0.25) is 0 Å². The van der Waals surface area contributed by atoms with Crippen LogP contribution in [0.5, 0.6) is 0 Å². The predicted octanol–water partition coefficient (Wildman–Crippen LogP) is 0.836. The molecule has 0 aliphatic carbocycles. The molecule has 1 aliphatic rings. The van der Waals surface area contributed by atoms with Gasteiger partial charge in [-0.15, -0.1) is 0 Å². The number of ether oxygens (including phenoxy) is 1. The summed E-state index contributed by atoms with van der Waals surface area (Å²) in [5.41, 5.74) is 0.102. The van der Waals surface area contributed by atoms with E-state index in [-0.39, 0.29) is 5.69 Å². The molecule has 0 aromatic heterocycles. The van der Waals surface area contributed by atoms with Gasteiger partial charge < -0.3 is 15.2 Å². The zero-order valence-corrected chi connectivity index (χ0v) is 9.96. The van der Waals surface area contributed by atoms with Crippen molar-refractivity contribution in [1.29, 1.82) is 0 Å². The Morgan fingerprint density at radius 2 is 2.39 bits per heavy atom. The van der Waals surface area contributed by atoms with E-state index in [0.29, 0.717) is 32.7 Å². The Labute approximate surface area is 105 Å². The van der Waals surface area contributed by atoms with Gasteiger partial charge in [-0.3, -0.25) is 10.1 Å². The van der Waals surface area contributed by atoms with Crippen LogP contribution in [0.1, 0.15) is 12.0 Å². The molecular weight excluding hydrogens is 236 g/mol. The van der Waals surface area contributed by atoms with Crippen molar-refractivity contribution in [3.8, 4) is 0 Å². The highest BCUT2D eigenvalue weighted by molar-refractivity contribution is 5.34. The molecule has 0 saturated carbocycles. The van der Waals surface area contributed by atoms with Gasteiger partial charge in [-0.25, -0.2) is 0 Å². The topological polar surface area (TPSA) is 84.6 Å². The summed E-state index contributed by atoms with van der Waals surface area (Å²) in [6.07, 6.45) is 0.620. The average molecular weight is 252 g/mol. The van der Waals surface area contributed by atoms with Crippen LogP contribution in [0.4, 0.5) is 5.69 Å². The molecule has 1 atom stereocenters. The quantitative estimate of drug-likeness (QED) is 0.599. The third kappa shape index (κ3) is 3.25. The second-order valence-electron chi connectivity index (χ2n) is 4.56. The molecule has 0 bridgehead atoms. The van der Waals surface area contributed by atoms with E-state index in [1.54, 1.807) is 6.07 Å². The van der Waals surface area contributed by atoms with Crippen molar-refractivity contribution in [1.82, 2.24) is 5.32 Å². The lowest BCUT2D eigenvalue weighted by Gasteiger charge is -2.20. The molecule has 1 aliphatic heterocycles. The summed E-state index contributed by atoms with van der Waals surface area (Å²) < 4.78 is 5.13. The van der Waals surface area contributed by atoms with Gasteiger partial charge in [0, 0.05) is 38.2 Å². The summed E-state index contributed by atoms with van der Waals surface area (Å²) in [4.78, 5) is 10.2. The molecular formula is C12H16N2O4. The molecule has 1 aromatic rings. The van der Waals surface area contributed by atoms with Crippen molar-refractivity contribution < 1.29 is 14.8 Å². The SMILES string of the molecule is O=[N+]([O-])c1cccc(CNCC2(O)CCOC2)c1. The highest BCUT2D eigenvalue weighted by Gasteiger charge is 2.31. The predicted molar refractivity (Wildman–Crippen MR) is 65.2 cm³/mol. The molecule has 1 heterocycles. The van der Waals surface area contributed by atoms with Crippen molar-refractivity contribution in [2.75, 3.05) is 19.8 Å². The molecule has 6 heteroatoms. The normalized spacial score (nSPS) is 23.2. The minimum Gasteiger partial charge on any atom is -0.386 e. The molecule has 1 saturated heterocycles. The Morgan fingerprint density at radius 1 is 1.56 bits per heavy atom. The molecule has 6 nitrogen and oxygen atoms in total. The van der Waals surface area contributed by atoms with E-state index in [4.69, 9.17) is 4.74 Å². The molecule has 0 amide bonds. The number of nitro benzene ring substituents is 1. The molecule has 1 unspecified atom stereocenters. The van der Waals surface area contributed by atoms with Crippen molar-refractivity contribution in [2.45, 2.75) is 18.6 Å². The molecule has 18 heavy (non-hydrogen) atoms. The van der Waals surface area contributed by atoms with Crippen molar-refractivity contribution in [2.24, 2.45) is 0 Å². The summed E-state index contributed by atoms with van der Waals surface area (Å²) >= 11 is 0. The van der Waals surface area contributed by atoms with E-state index < -0.39 is 10.5 Å². The molecule has 1 fully saturated rings. The van der Waals surface area contributed by atoms with Gasteiger partial charge in [-0.1, -0.05) is 12.1 Å².